The third-order valence-electron chi connectivity index (χ3n) is 7.15. The highest BCUT2D eigenvalue weighted by Gasteiger charge is 2.47. The predicted octanol–water partition coefficient (Wildman–Crippen LogP) is 0.859. The highest BCUT2D eigenvalue weighted by atomic mass is 32.2. The molecule has 0 radical (unpaired) electrons. The van der Waals surface area contributed by atoms with Gasteiger partial charge >= 0.3 is 0 Å². The number of sulfonamides is 1. The van der Waals surface area contributed by atoms with Crippen LogP contribution >= 0.6 is 0 Å². The number of piperidine rings is 1. The zero-order chi connectivity index (χ0) is 28.2. The molecule has 2 aromatic carbocycles. The number of rotatable bonds is 10. The zero-order valence-electron chi connectivity index (χ0n) is 21.5. The number of anilines is 1. The van der Waals surface area contributed by atoms with Gasteiger partial charge in [-0.1, -0.05) is 18.2 Å². The lowest BCUT2D eigenvalue weighted by atomic mass is 9.89. The molecular formula is C26H31FN4O7S. The summed E-state index contributed by atoms with van der Waals surface area (Å²) in [5.41, 5.74) is 1.49. The normalized spacial score (nSPS) is 17.1. The number of hydrogen-bond donors (Lipinski definition) is 3. The molecule has 3 N–H and O–H groups in total. The first-order chi connectivity index (χ1) is 18.6. The first-order valence-corrected chi connectivity index (χ1v) is 14.1. The number of carbonyl (C=O) groups is 2. The summed E-state index contributed by atoms with van der Waals surface area (Å²) >= 11 is 0. The smallest absolute Gasteiger partial charge is 0.253 e. The first-order valence-electron chi connectivity index (χ1n) is 12.5. The average Bonchev–Trinajstić information content (AvgIpc) is 3.25. The van der Waals surface area contributed by atoms with Crippen molar-refractivity contribution in [3.8, 4) is 5.75 Å². The molecule has 2 aliphatic rings. The number of hydrogen-bond acceptors (Lipinski definition) is 8. The molecule has 0 saturated carbocycles. The van der Waals surface area contributed by atoms with Gasteiger partial charge in [-0.3, -0.25) is 19.5 Å². The van der Waals surface area contributed by atoms with Gasteiger partial charge in [0.25, 0.3) is 11.8 Å². The van der Waals surface area contributed by atoms with Crippen LogP contribution in [0.1, 0.15) is 29.5 Å². The number of halogens is 1. The van der Waals surface area contributed by atoms with Crippen LogP contribution in [0.25, 0.3) is 0 Å². The standard InChI is InChI=1S/C26H31FN4O7S/c1-18-15-21(31(12-13-32)23(34)17-33)6-5-19(18)7-14-39(36,37)30-10-8-26(9-11-30)25(35)28-24(29-26)20-3-2-4-22(16-20)38-27/h2-6,15-16,32-33H,7-14,17H2,1H3,(H,28,29,35). The van der Waals surface area contributed by atoms with Gasteiger partial charge in [0.15, 0.2) is 5.75 Å². The Morgan fingerprint density at radius 2 is 1.95 bits per heavy atom. The van der Waals surface area contributed by atoms with Gasteiger partial charge in [-0.05, 0) is 61.6 Å². The van der Waals surface area contributed by atoms with Crippen molar-refractivity contribution in [1.82, 2.24) is 9.62 Å². The monoisotopic (exact) mass is 562 g/mol. The van der Waals surface area contributed by atoms with Gasteiger partial charge in [-0.2, -0.15) is 0 Å². The van der Waals surface area contributed by atoms with E-state index >= 15 is 0 Å². The Hall–Kier alpha value is -3.39. The number of amides is 2. The van der Waals surface area contributed by atoms with Crippen LogP contribution in [0.5, 0.6) is 5.75 Å². The zero-order valence-corrected chi connectivity index (χ0v) is 22.3. The Morgan fingerprint density at radius 1 is 1.21 bits per heavy atom. The predicted molar refractivity (Wildman–Crippen MR) is 142 cm³/mol. The van der Waals surface area contributed by atoms with E-state index in [-0.39, 0.29) is 62.9 Å². The van der Waals surface area contributed by atoms with Crippen molar-refractivity contribution < 1.29 is 37.7 Å². The summed E-state index contributed by atoms with van der Waals surface area (Å²) in [5, 5.41) is 21.2. The number of aliphatic hydroxyl groups excluding tert-OH is 2. The van der Waals surface area contributed by atoms with Crippen LogP contribution in [0.15, 0.2) is 47.5 Å². The topological polar surface area (TPSA) is 149 Å². The molecule has 210 valence electrons. The Kier molecular flexibility index (Phi) is 8.64. The Bertz CT molecular complexity index is 1370. The molecule has 1 saturated heterocycles. The molecule has 2 amide bonds. The van der Waals surface area contributed by atoms with Crippen molar-refractivity contribution in [2.75, 3.05) is 43.5 Å². The van der Waals surface area contributed by atoms with Gasteiger partial charge in [0.05, 0.1) is 12.4 Å². The molecule has 0 bridgehead atoms. The lowest BCUT2D eigenvalue weighted by Crippen LogP contribution is -2.50. The molecule has 0 atom stereocenters. The van der Waals surface area contributed by atoms with E-state index in [2.05, 4.69) is 15.3 Å². The van der Waals surface area contributed by atoms with Crippen LogP contribution < -0.4 is 15.2 Å². The molecule has 11 nitrogen and oxygen atoms in total. The summed E-state index contributed by atoms with van der Waals surface area (Å²) < 4.78 is 40.2. The molecule has 0 aromatic heterocycles. The van der Waals surface area contributed by atoms with E-state index in [0.29, 0.717) is 17.1 Å². The van der Waals surface area contributed by atoms with E-state index in [1.807, 2.05) is 0 Å². The highest BCUT2D eigenvalue weighted by Crippen LogP contribution is 2.33. The second kappa shape index (κ2) is 11.8. The number of amidine groups is 1. The Balaban J connectivity index is 1.40. The fourth-order valence-electron chi connectivity index (χ4n) is 4.90. The quantitative estimate of drug-likeness (QED) is 0.389. The molecule has 2 heterocycles. The van der Waals surface area contributed by atoms with E-state index in [1.165, 1.54) is 21.3 Å². The van der Waals surface area contributed by atoms with E-state index in [4.69, 9.17) is 0 Å². The minimum atomic E-state index is -3.62. The molecule has 0 aliphatic carbocycles. The van der Waals surface area contributed by atoms with Gasteiger partial charge in [0, 0.05) is 35.4 Å². The SMILES string of the molecule is Cc1cc(N(CCO)C(=O)CO)ccc1CCS(=O)(=O)N1CCC2(CC1)N=C(c1cccc(OF)c1)NC2=O. The second-order valence-electron chi connectivity index (χ2n) is 9.55. The third kappa shape index (κ3) is 6.11. The Morgan fingerprint density at radius 3 is 2.59 bits per heavy atom. The van der Waals surface area contributed by atoms with Crippen molar-refractivity contribution in [2.24, 2.45) is 4.99 Å². The van der Waals surface area contributed by atoms with E-state index in [9.17, 15) is 32.7 Å². The Labute approximate surface area is 225 Å². The summed E-state index contributed by atoms with van der Waals surface area (Å²) in [6.45, 7) is 1.16. The number of nitrogens with one attached hydrogen (secondary N) is 1. The summed E-state index contributed by atoms with van der Waals surface area (Å²) in [6.07, 6.45) is 0.683. The van der Waals surface area contributed by atoms with Crippen LogP contribution in [-0.2, 0) is 26.0 Å². The molecule has 2 aromatic rings. The van der Waals surface area contributed by atoms with Crippen LogP contribution in [-0.4, -0.2) is 84.7 Å². The van der Waals surface area contributed by atoms with Gasteiger partial charge < -0.3 is 20.4 Å². The van der Waals surface area contributed by atoms with Crippen LogP contribution in [0.4, 0.5) is 10.2 Å². The highest BCUT2D eigenvalue weighted by molar-refractivity contribution is 7.89. The number of benzene rings is 2. The first kappa shape index (κ1) is 28.6. The molecule has 4 rings (SSSR count). The van der Waals surface area contributed by atoms with E-state index in [0.717, 1.165) is 11.1 Å². The number of aryl methyl sites for hydroxylation is 2. The van der Waals surface area contributed by atoms with Gasteiger partial charge in [-0.15, -0.1) is 0 Å². The molecule has 0 unspecified atom stereocenters. The molecule has 39 heavy (non-hydrogen) atoms. The third-order valence-corrected chi connectivity index (χ3v) is 9.02. The minimum absolute atomic E-state index is 0.0164. The van der Waals surface area contributed by atoms with Gasteiger partial charge in [0.1, 0.15) is 18.0 Å². The van der Waals surface area contributed by atoms with E-state index in [1.54, 1.807) is 37.3 Å². The molecule has 1 fully saturated rings. The number of aliphatic hydroxyl groups is 2. The van der Waals surface area contributed by atoms with Gasteiger partial charge in [-0.25, -0.2) is 12.7 Å². The van der Waals surface area contributed by atoms with Crippen LogP contribution in [0.3, 0.4) is 0 Å². The molecule has 1 spiro atoms. The maximum Gasteiger partial charge on any atom is 0.253 e. The fraction of sp³-hybridized carbons (Fsp3) is 0.423. The summed E-state index contributed by atoms with van der Waals surface area (Å²) in [5.74, 6) is -0.708. The van der Waals surface area contributed by atoms with Crippen molar-refractivity contribution in [3.63, 3.8) is 0 Å². The van der Waals surface area contributed by atoms with E-state index < -0.39 is 28.1 Å². The largest absolute Gasteiger partial charge is 0.395 e. The van der Waals surface area contributed by atoms with Crippen molar-refractivity contribution in [1.29, 1.82) is 0 Å². The summed E-state index contributed by atoms with van der Waals surface area (Å²) in [6, 6.07) is 11.2. The van der Waals surface area contributed by atoms with Crippen molar-refractivity contribution in [3.05, 3.63) is 59.2 Å². The average molecular weight is 563 g/mol. The van der Waals surface area contributed by atoms with Gasteiger partial charge in [0.2, 0.25) is 10.0 Å². The second-order valence-corrected chi connectivity index (χ2v) is 11.6. The summed E-state index contributed by atoms with van der Waals surface area (Å²) in [7, 11) is -3.62. The maximum absolute atomic E-state index is 13.1. The maximum atomic E-state index is 13.1. The molecular weight excluding hydrogens is 531 g/mol. The lowest BCUT2D eigenvalue weighted by molar-refractivity contribution is -0.125. The molecule has 2 aliphatic heterocycles. The summed E-state index contributed by atoms with van der Waals surface area (Å²) in [4.78, 5) is 34.4. The minimum Gasteiger partial charge on any atom is -0.395 e. The van der Waals surface area contributed by atoms with Crippen molar-refractivity contribution >= 4 is 33.4 Å². The van der Waals surface area contributed by atoms with Crippen LogP contribution in [0.2, 0.25) is 0 Å². The molecule has 13 heteroatoms. The number of aliphatic imine (C=N–C) groups is 1. The van der Waals surface area contributed by atoms with Crippen molar-refractivity contribution in [2.45, 2.75) is 31.7 Å². The number of carbonyl (C=O) groups excluding carboxylic acids is 2. The fourth-order valence-corrected chi connectivity index (χ4v) is 6.37. The number of nitrogens with zero attached hydrogens (tertiary/aromatic N) is 3. The van der Waals surface area contributed by atoms with Crippen LogP contribution in [0, 0.1) is 6.92 Å². The lowest BCUT2D eigenvalue weighted by Gasteiger charge is -2.34.